The molecule has 4 heterocycles. The van der Waals surface area contributed by atoms with E-state index in [-0.39, 0.29) is 11.9 Å². The van der Waals surface area contributed by atoms with E-state index in [0.717, 1.165) is 53.4 Å². The van der Waals surface area contributed by atoms with E-state index in [1.165, 1.54) is 0 Å². The number of hydrogen-bond acceptors (Lipinski definition) is 5. The Morgan fingerprint density at radius 1 is 1.22 bits per heavy atom. The zero-order valence-corrected chi connectivity index (χ0v) is 16.1. The molecule has 1 aromatic carbocycles. The molecule has 2 aliphatic rings. The number of hydrogen-bond donors (Lipinski definition) is 0. The summed E-state index contributed by atoms with van der Waals surface area (Å²) in [6.45, 7) is 4.93. The molecule has 1 amide bonds. The number of fused-ring (bicyclic) bond motifs is 2. The zero-order chi connectivity index (χ0) is 18.4. The molecular weight excluding hydrogens is 360 g/mol. The molecule has 0 radical (unpaired) electrons. The highest BCUT2D eigenvalue weighted by molar-refractivity contribution is 7.17. The molecular formula is C20H22N4O2S. The fraction of sp³-hybridized carbons (Fsp3) is 0.450. The molecule has 0 unspecified atom stereocenters. The van der Waals surface area contributed by atoms with Crippen molar-refractivity contribution in [1.29, 1.82) is 0 Å². The van der Waals surface area contributed by atoms with Crippen LogP contribution in [0.15, 0.2) is 29.6 Å². The number of aromatic nitrogens is 3. The van der Waals surface area contributed by atoms with Crippen molar-refractivity contribution in [3.63, 3.8) is 0 Å². The average Bonchev–Trinajstić information content (AvgIpc) is 3.33. The molecule has 0 bridgehead atoms. The summed E-state index contributed by atoms with van der Waals surface area (Å²) in [5.74, 6) is 2.45. The number of amides is 1. The predicted octanol–water partition coefficient (Wildman–Crippen LogP) is 3.60. The highest BCUT2D eigenvalue weighted by Crippen LogP contribution is 2.32. The Kier molecular flexibility index (Phi) is 4.21. The van der Waals surface area contributed by atoms with E-state index >= 15 is 0 Å². The van der Waals surface area contributed by atoms with Crippen molar-refractivity contribution in [3.8, 4) is 0 Å². The number of nitrogens with zero attached hydrogens (tertiary/aromatic N) is 4. The fourth-order valence-corrected chi connectivity index (χ4v) is 5.20. The fourth-order valence-electron chi connectivity index (χ4n) is 4.26. The van der Waals surface area contributed by atoms with Gasteiger partial charge in [0.05, 0.1) is 18.2 Å². The van der Waals surface area contributed by atoms with Crippen molar-refractivity contribution in [2.45, 2.75) is 38.3 Å². The van der Waals surface area contributed by atoms with Crippen LogP contribution in [0.2, 0.25) is 0 Å². The zero-order valence-electron chi connectivity index (χ0n) is 15.3. The molecule has 0 spiro atoms. The van der Waals surface area contributed by atoms with Crippen LogP contribution in [0.5, 0.6) is 0 Å². The molecule has 6 nitrogen and oxygen atoms in total. The predicted molar refractivity (Wildman–Crippen MR) is 104 cm³/mol. The molecule has 140 valence electrons. The molecule has 1 fully saturated rings. The Morgan fingerprint density at radius 2 is 2.04 bits per heavy atom. The van der Waals surface area contributed by atoms with Crippen LogP contribution in [0.3, 0.4) is 0 Å². The quantitative estimate of drug-likeness (QED) is 0.679. The third kappa shape index (κ3) is 2.85. The van der Waals surface area contributed by atoms with Gasteiger partial charge in [-0.15, -0.1) is 21.5 Å². The number of carbonyl (C=O) groups is 1. The molecule has 7 heteroatoms. The summed E-state index contributed by atoms with van der Waals surface area (Å²) in [5.41, 5.74) is 0.792. The highest BCUT2D eigenvalue weighted by atomic mass is 32.1. The van der Waals surface area contributed by atoms with Crippen molar-refractivity contribution in [3.05, 3.63) is 46.9 Å². The minimum Gasteiger partial charge on any atom is -0.381 e. The lowest BCUT2D eigenvalue weighted by Gasteiger charge is -2.34. The van der Waals surface area contributed by atoms with Crippen LogP contribution in [0, 0.1) is 0 Å². The Balaban J connectivity index is 1.43. The number of benzene rings is 1. The highest BCUT2D eigenvalue weighted by Gasteiger charge is 2.33. The molecule has 5 rings (SSSR count). The second kappa shape index (κ2) is 6.73. The lowest BCUT2D eigenvalue weighted by molar-refractivity contribution is 0.0671. The lowest BCUT2D eigenvalue weighted by atomic mass is 9.98. The van der Waals surface area contributed by atoms with E-state index in [1.807, 2.05) is 28.5 Å². The van der Waals surface area contributed by atoms with Gasteiger partial charge >= 0.3 is 0 Å². The van der Waals surface area contributed by atoms with Gasteiger partial charge in [-0.2, -0.15) is 0 Å². The molecule has 2 aromatic heterocycles. The maximum atomic E-state index is 13.2. The normalized spacial score (nSPS) is 20.8. The second-order valence-electron chi connectivity index (χ2n) is 7.41. The van der Waals surface area contributed by atoms with Crippen molar-refractivity contribution in [2.75, 3.05) is 19.8 Å². The van der Waals surface area contributed by atoms with Crippen molar-refractivity contribution in [1.82, 2.24) is 19.7 Å². The summed E-state index contributed by atoms with van der Waals surface area (Å²) in [7, 11) is 0. The Hall–Kier alpha value is -2.25. The van der Waals surface area contributed by atoms with E-state index in [0.29, 0.717) is 19.0 Å². The first-order chi connectivity index (χ1) is 13.2. The Morgan fingerprint density at radius 3 is 2.89 bits per heavy atom. The summed E-state index contributed by atoms with van der Waals surface area (Å²) in [4.78, 5) is 15.1. The van der Waals surface area contributed by atoms with Gasteiger partial charge in [0.1, 0.15) is 5.82 Å². The van der Waals surface area contributed by atoms with Gasteiger partial charge in [-0.05, 0) is 25.8 Å². The van der Waals surface area contributed by atoms with E-state index in [2.05, 4.69) is 27.8 Å². The first-order valence-corrected chi connectivity index (χ1v) is 10.4. The summed E-state index contributed by atoms with van der Waals surface area (Å²) >= 11 is 1.62. The summed E-state index contributed by atoms with van der Waals surface area (Å²) in [6.07, 6.45) is 1.99. The third-order valence-corrected chi connectivity index (χ3v) is 6.60. The third-order valence-electron chi connectivity index (χ3n) is 5.64. The lowest BCUT2D eigenvalue weighted by Crippen LogP contribution is -2.41. The Bertz CT molecular complexity index is 989. The summed E-state index contributed by atoms with van der Waals surface area (Å²) in [6, 6.07) is 8.26. The van der Waals surface area contributed by atoms with Crippen molar-refractivity contribution >= 4 is 27.3 Å². The van der Waals surface area contributed by atoms with E-state index in [9.17, 15) is 4.79 Å². The second-order valence-corrected chi connectivity index (χ2v) is 8.32. The van der Waals surface area contributed by atoms with Crippen LogP contribution in [-0.2, 0) is 11.3 Å². The van der Waals surface area contributed by atoms with Gasteiger partial charge in [0, 0.05) is 41.1 Å². The van der Waals surface area contributed by atoms with Gasteiger partial charge in [0.25, 0.3) is 5.91 Å². The van der Waals surface area contributed by atoms with E-state index in [4.69, 9.17) is 4.74 Å². The standard InChI is InChI=1S/C20H22N4O2S/c1-13-10-23(20(25)16-12-27-17-5-3-2-4-15(16)17)11-18-21-22-19(24(13)18)14-6-8-26-9-7-14/h2-5,12-14H,6-11H2,1H3/t13-/m0/s1. The first-order valence-electron chi connectivity index (χ1n) is 9.49. The van der Waals surface area contributed by atoms with Gasteiger partial charge < -0.3 is 14.2 Å². The largest absolute Gasteiger partial charge is 0.381 e. The number of carbonyl (C=O) groups excluding carboxylic acids is 1. The van der Waals surface area contributed by atoms with Crippen molar-refractivity contribution < 1.29 is 9.53 Å². The maximum absolute atomic E-state index is 13.2. The van der Waals surface area contributed by atoms with Crippen LogP contribution < -0.4 is 0 Å². The van der Waals surface area contributed by atoms with Gasteiger partial charge in [0.2, 0.25) is 0 Å². The van der Waals surface area contributed by atoms with Crippen molar-refractivity contribution in [2.24, 2.45) is 0 Å². The molecule has 1 atom stereocenters. The number of rotatable bonds is 2. The summed E-state index contributed by atoms with van der Waals surface area (Å²) in [5, 5.41) is 12.0. The molecule has 2 aliphatic heterocycles. The molecule has 3 aromatic rings. The minimum absolute atomic E-state index is 0.0844. The molecule has 27 heavy (non-hydrogen) atoms. The molecule has 0 saturated carbocycles. The van der Waals surface area contributed by atoms with Crippen LogP contribution >= 0.6 is 11.3 Å². The molecule has 1 saturated heterocycles. The van der Waals surface area contributed by atoms with Crippen LogP contribution in [-0.4, -0.2) is 45.3 Å². The van der Waals surface area contributed by atoms with Gasteiger partial charge in [-0.1, -0.05) is 18.2 Å². The smallest absolute Gasteiger partial charge is 0.255 e. The monoisotopic (exact) mass is 382 g/mol. The minimum atomic E-state index is 0.0844. The molecule has 0 aliphatic carbocycles. The van der Waals surface area contributed by atoms with Crippen LogP contribution in [0.4, 0.5) is 0 Å². The summed E-state index contributed by atoms with van der Waals surface area (Å²) < 4.78 is 8.89. The topological polar surface area (TPSA) is 60.3 Å². The number of thiophene rings is 1. The van der Waals surface area contributed by atoms with Crippen LogP contribution in [0.25, 0.3) is 10.1 Å². The first kappa shape index (κ1) is 16.9. The van der Waals surface area contributed by atoms with Crippen LogP contribution in [0.1, 0.15) is 53.7 Å². The van der Waals surface area contributed by atoms with E-state index in [1.54, 1.807) is 11.3 Å². The SMILES string of the molecule is C[C@H]1CN(C(=O)c2csc3ccccc23)Cc2nnc(C3CCOCC3)n21. The Labute approximate surface area is 161 Å². The van der Waals surface area contributed by atoms with Gasteiger partial charge in [-0.3, -0.25) is 4.79 Å². The average molecular weight is 382 g/mol. The molecule has 0 N–H and O–H groups in total. The van der Waals surface area contributed by atoms with Gasteiger partial charge in [-0.25, -0.2) is 0 Å². The van der Waals surface area contributed by atoms with E-state index < -0.39 is 0 Å². The van der Waals surface area contributed by atoms with Gasteiger partial charge in [0.15, 0.2) is 5.82 Å². The maximum Gasteiger partial charge on any atom is 0.255 e. The number of ether oxygens (including phenoxy) is 1.